The molecule has 0 saturated heterocycles. The fourth-order valence-electron chi connectivity index (χ4n) is 3.23. The summed E-state index contributed by atoms with van der Waals surface area (Å²) in [6.45, 7) is 3.57. The summed E-state index contributed by atoms with van der Waals surface area (Å²) in [5.74, 6) is -0.776. The van der Waals surface area contributed by atoms with Crippen molar-refractivity contribution in [2.45, 2.75) is 38.8 Å². The lowest BCUT2D eigenvalue weighted by Crippen LogP contribution is -2.43. The Morgan fingerprint density at radius 3 is 2.50 bits per heavy atom. The summed E-state index contributed by atoms with van der Waals surface area (Å²) in [6.07, 6.45) is -0.183. The third-order valence-corrected chi connectivity index (χ3v) is 5.19. The van der Waals surface area contributed by atoms with Crippen molar-refractivity contribution in [1.29, 1.82) is 0 Å². The van der Waals surface area contributed by atoms with Crippen molar-refractivity contribution in [1.82, 2.24) is 0 Å². The first-order valence-corrected chi connectivity index (χ1v) is 9.17. The molecule has 0 unspecified atom stereocenters. The van der Waals surface area contributed by atoms with Crippen LogP contribution < -0.4 is 4.90 Å². The first-order valence-electron chi connectivity index (χ1n) is 8.42. The molecule has 0 radical (unpaired) electrons. The number of benzene rings is 2. The molecule has 0 aliphatic carbocycles. The Morgan fingerprint density at radius 1 is 1.15 bits per heavy atom. The molecule has 1 amide bonds. The molecule has 1 heterocycles. The van der Waals surface area contributed by atoms with Crippen molar-refractivity contribution in [2.24, 2.45) is 0 Å². The second-order valence-corrected chi connectivity index (χ2v) is 7.21. The highest BCUT2D eigenvalue weighted by Crippen LogP contribution is 2.32. The molecule has 2 atom stereocenters. The smallest absolute Gasteiger partial charge is 0.311 e. The Labute approximate surface area is 162 Å². The van der Waals surface area contributed by atoms with Gasteiger partial charge in [0.25, 0.3) is 5.91 Å². The van der Waals surface area contributed by atoms with Crippen LogP contribution in [0.15, 0.2) is 42.5 Å². The van der Waals surface area contributed by atoms with Gasteiger partial charge in [0.2, 0.25) is 0 Å². The Hall–Kier alpha value is -2.04. The standard InChI is InChI=1S/C20H19Cl2NO3/c1-12-10-14-6-3-4-9-18(14)23(12)20(25)13(2)26-19(24)11-15-16(21)7-5-8-17(15)22/h3-9,12-13H,10-11H2,1-2H3/t12-,13+/m1/s1. The molecule has 0 aromatic heterocycles. The van der Waals surface area contributed by atoms with Gasteiger partial charge in [-0.25, -0.2) is 0 Å². The SMILES string of the molecule is C[C@H](OC(=O)Cc1c(Cl)cccc1Cl)C(=O)N1c2ccccc2C[C@H]1C. The summed E-state index contributed by atoms with van der Waals surface area (Å²) in [5, 5.41) is 0.797. The number of anilines is 1. The van der Waals surface area contributed by atoms with Crippen LogP contribution in [0.2, 0.25) is 10.0 Å². The van der Waals surface area contributed by atoms with Crippen molar-refractivity contribution in [3.8, 4) is 0 Å². The van der Waals surface area contributed by atoms with Crippen LogP contribution in [-0.4, -0.2) is 24.0 Å². The van der Waals surface area contributed by atoms with Gasteiger partial charge in [-0.3, -0.25) is 9.59 Å². The maximum Gasteiger partial charge on any atom is 0.311 e. The van der Waals surface area contributed by atoms with Gasteiger partial charge in [-0.05, 0) is 44.0 Å². The minimum atomic E-state index is -0.891. The third kappa shape index (κ3) is 3.71. The minimum absolute atomic E-state index is 0.0269. The third-order valence-electron chi connectivity index (χ3n) is 4.48. The minimum Gasteiger partial charge on any atom is -0.452 e. The molecule has 4 nitrogen and oxygen atoms in total. The fourth-order valence-corrected chi connectivity index (χ4v) is 3.76. The quantitative estimate of drug-likeness (QED) is 0.723. The van der Waals surface area contributed by atoms with Gasteiger partial charge in [0.05, 0.1) is 6.42 Å². The highest BCUT2D eigenvalue weighted by molar-refractivity contribution is 6.36. The molecule has 0 bridgehead atoms. The number of rotatable bonds is 4. The summed E-state index contributed by atoms with van der Waals surface area (Å²) in [7, 11) is 0. The average Bonchev–Trinajstić information content (AvgIpc) is 2.93. The molecular weight excluding hydrogens is 373 g/mol. The van der Waals surface area contributed by atoms with Gasteiger partial charge >= 0.3 is 5.97 Å². The number of hydrogen-bond acceptors (Lipinski definition) is 3. The summed E-state index contributed by atoms with van der Waals surface area (Å²) >= 11 is 12.2. The zero-order valence-electron chi connectivity index (χ0n) is 14.5. The first kappa shape index (κ1) is 18.7. The predicted molar refractivity (Wildman–Crippen MR) is 103 cm³/mol. The first-order chi connectivity index (χ1) is 12.4. The number of carbonyl (C=O) groups excluding carboxylic acids is 2. The van der Waals surface area contributed by atoms with Crippen molar-refractivity contribution in [2.75, 3.05) is 4.90 Å². The van der Waals surface area contributed by atoms with Crippen LogP contribution >= 0.6 is 23.2 Å². The summed E-state index contributed by atoms with van der Waals surface area (Å²) in [4.78, 5) is 26.8. The zero-order chi connectivity index (χ0) is 18.8. The van der Waals surface area contributed by atoms with E-state index < -0.39 is 12.1 Å². The summed E-state index contributed by atoms with van der Waals surface area (Å²) in [5.41, 5.74) is 2.50. The topological polar surface area (TPSA) is 46.6 Å². The number of ether oxygens (including phenoxy) is 1. The number of fused-ring (bicyclic) bond motifs is 1. The Kier molecular flexibility index (Phi) is 5.54. The second-order valence-electron chi connectivity index (χ2n) is 6.40. The van der Waals surface area contributed by atoms with E-state index in [4.69, 9.17) is 27.9 Å². The zero-order valence-corrected chi connectivity index (χ0v) is 16.1. The molecule has 6 heteroatoms. The molecule has 3 rings (SSSR count). The highest BCUT2D eigenvalue weighted by Gasteiger charge is 2.34. The van der Waals surface area contributed by atoms with Crippen LogP contribution in [0.4, 0.5) is 5.69 Å². The van der Waals surface area contributed by atoms with Gasteiger partial charge in [-0.1, -0.05) is 47.5 Å². The van der Waals surface area contributed by atoms with E-state index in [2.05, 4.69) is 0 Å². The lowest BCUT2D eigenvalue weighted by atomic mass is 10.1. The lowest BCUT2D eigenvalue weighted by Gasteiger charge is -2.26. The normalized spacial score (nSPS) is 16.9. The molecule has 136 valence electrons. The molecule has 0 spiro atoms. The van der Waals surface area contributed by atoms with Gasteiger partial charge in [0.1, 0.15) is 0 Å². The van der Waals surface area contributed by atoms with E-state index in [-0.39, 0.29) is 18.4 Å². The summed E-state index contributed by atoms with van der Waals surface area (Å²) < 4.78 is 5.35. The van der Waals surface area contributed by atoms with Crippen LogP contribution in [0, 0.1) is 0 Å². The number of carbonyl (C=O) groups is 2. The number of esters is 1. The van der Waals surface area contributed by atoms with Crippen LogP contribution in [0.3, 0.4) is 0 Å². The fraction of sp³-hybridized carbons (Fsp3) is 0.300. The van der Waals surface area contributed by atoms with Gasteiger partial charge in [0, 0.05) is 27.3 Å². The molecule has 26 heavy (non-hydrogen) atoms. The molecular formula is C20H19Cl2NO3. The van der Waals surface area contributed by atoms with E-state index in [0.717, 1.165) is 17.7 Å². The highest BCUT2D eigenvalue weighted by atomic mass is 35.5. The predicted octanol–water partition coefficient (Wildman–Crippen LogP) is 4.45. The molecule has 1 aliphatic rings. The second kappa shape index (κ2) is 7.68. The van der Waals surface area contributed by atoms with Crippen molar-refractivity contribution >= 4 is 40.8 Å². The maximum atomic E-state index is 12.8. The van der Waals surface area contributed by atoms with E-state index in [1.54, 1.807) is 30.0 Å². The van der Waals surface area contributed by atoms with Crippen molar-refractivity contribution in [3.05, 3.63) is 63.6 Å². The maximum absolute atomic E-state index is 12.8. The Bertz CT molecular complexity index is 832. The molecule has 2 aromatic carbocycles. The van der Waals surface area contributed by atoms with Crippen LogP contribution in [-0.2, 0) is 27.2 Å². The van der Waals surface area contributed by atoms with Crippen molar-refractivity contribution in [3.63, 3.8) is 0 Å². The number of para-hydroxylation sites is 1. The number of halogens is 2. The number of nitrogens with zero attached hydrogens (tertiary/aromatic N) is 1. The van der Waals surface area contributed by atoms with E-state index in [0.29, 0.717) is 15.6 Å². The largest absolute Gasteiger partial charge is 0.452 e. The van der Waals surface area contributed by atoms with Gasteiger partial charge in [0.15, 0.2) is 6.10 Å². The Morgan fingerprint density at radius 2 is 1.81 bits per heavy atom. The van der Waals surface area contributed by atoms with Crippen LogP contribution in [0.1, 0.15) is 25.0 Å². The molecule has 1 aliphatic heterocycles. The van der Waals surface area contributed by atoms with E-state index in [9.17, 15) is 9.59 Å². The number of hydrogen-bond donors (Lipinski definition) is 0. The Balaban J connectivity index is 1.69. The average molecular weight is 392 g/mol. The van der Waals surface area contributed by atoms with Crippen LogP contribution in [0.5, 0.6) is 0 Å². The van der Waals surface area contributed by atoms with E-state index in [1.165, 1.54) is 0 Å². The van der Waals surface area contributed by atoms with Gasteiger partial charge in [-0.2, -0.15) is 0 Å². The van der Waals surface area contributed by atoms with E-state index in [1.807, 2.05) is 31.2 Å². The molecule has 2 aromatic rings. The van der Waals surface area contributed by atoms with Gasteiger partial charge < -0.3 is 9.64 Å². The number of amides is 1. The molecule has 0 fully saturated rings. The lowest BCUT2D eigenvalue weighted by molar-refractivity contribution is -0.153. The molecule has 0 N–H and O–H groups in total. The summed E-state index contributed by atoms with van der Waals surface area (Å²) in [6, 6.07) is 12.8. The van der Waals surface area contributed by atoms with Crippen molar-refractivity contribution < 1.29 is 14.3 Å². The van der Waals surface area contributed by atoms with Gasteiger partial charge in [-0.15, -0.1) is 0 Å². The van der Waals surface area contributed by atoms with Crippen LogP contribution in [0.25, 0.3) is 0 Å². The van der Waals surface area contributed by atoms with E-state index >= 15 is 0 Å². The monoisotopic (exact) mass is 391 g/mol. The molecule has 0 saturated carbocycles.